The number of aromatic amines is 1. The molecule has 8 nitrogen and oxygen atoms in total. The first-order valence-corrected chi connectivity index (χ1v) is 9.28. The lowest BCUT2D eigenvalue weighted by Gasteiger charge is -2.24. The molecule has 3 N–H and O–H groups in total. The van der Waals surface area contributed by atoms with Crippen LogP contribution in [0.5, 0.6) is 5.75 Å². The molecule has 2 fully saturated rings. The van der Waals surface area contributed by atoms with Gasteiger partial charge in [-0.05, 0) is 37.3 Å². The molecule has 2 aromatic rings. The van der Waals surface area contributed by atoms with E-state index < -0.39 is 5.56 Å². The fraction of sp³-hybridized carbons (Fsp3) is 0.526. The standard InChI is InChI=1S/C19H23N5O3/c1-27-17-15(23-9-7-11(10-23)14(21)6-8-20)5-4-13-16(17)24(12-2-3-12)19(26)22-18(13)25/h4-5,11-12,14H,2-3,6-7,9-10,21H2,1H3,(H,22,25,26). The van der Waals surface area contributed by atoms with E-state index in [1.165, 1.54) is 0 Å². The molecule has 1 aromatic heterocycles. The Labute approximate surface area is 156 Å². The number of benzene rings is 1. The lowest BCUT2D eigenvalue weighted by molar-refractivity contribution is 0.415. The SMILES string of the molecule is COc1c(N2CCC(C(N)CC#N)C2)ccc2c(=O)[nH]c(=O)n(C3CC3)c12. The third kappa shape index (κ3) is 2.98. The molecule has 2 aliphatic rings. The minimum absolute atomic E-state index is 0.108. The van der Waals surface area contributed by atoms with E-state index in [2.05, 4.69) is 16.0 Å². The summed E-state index contributed by atoms with van der Waals surface area (Å²) in [6.45, 7) is 1.52. The third-order valence-corrected chi connectivity index (χ3v) is 5.65. The Morgan fingerprint density at radius 3 is 2.81 bits per heavy atom. The van der Waals surface area contributed by atoms with Gasteiger partial charge < -0.3 is 15.4 Å². The number of nitrogens with one attached hydrogen (secondary N) is 1. The number of nitriles is 1. The number of ether oxygens (including phenoxy) is 1. The second-order valence-corrected chi connectivity index (χ2v) is 7.40. The number of H-pyrrole nitrogens is 1. The van der Waals surface area contributed by atoms with Gasteiger partial charge in [-0.2, -0.15) is 5.26 Å². The Balaban J connectivity index is 1.81. The second-order valence-electron chi connectivity index (χ2n) is 7.40. The fourth-order valence-corrected chi connectivity index (χ4v) is 4.07. The predicted molar refractivity (Wildman–Crippen MR) is 102 cm³/mol. The summed E-state index contributed by atoms with van der Waals surface area (Å²) in [6.07, 6.45) is 3.07. The van der Waals surface area contributed by atoms with Crippen molar-refractivity contribution in [3.63, 3.8) is 0 Å². The van der Waals surface area contributed by atoms with Crippen molar-refractivity contribution in [1.29, 1.82) is 5.26 Å². The molecule has 1 saturated heterocycles. The number of hydrogen-bond acceptors (Lipinski definition) is 6. The Morgan fingerprint density at radius 1 is 1.37 bits per heavy atom. The van der Waals surface area contributed by atoms with E-state index in [1.807, 2.05) is 6.07 Å². The van der Waals surface area contributed by atoms with Crippen molar-refractivity contribution < 1.29 is 4.74 Å². The summed E-state index contributed by atoms with van der Waals surface area (Å²) in [7, 11) is 1.57. The van der Waals surface area contributed by atoms with Crippen LogP contribution in [0.1, 0.15) is 31.7 Å². The number of rotatable bonds is 5. The summed E-state index contributed by atoms with van der Waals surface area (Å²) in [5.41, 5.74) is 6.77. The van der Waals surface area contributed by atoms with Gasteiger partial charge in [0.15, 0.2) is 5.75 Å². The highest BCUT2D eigenvalue weighted by Gasteiger charge is 2.32. The van der Waals surface area contributed by atoms with Crippen LogP contribution in [-0.4, -0.2) is 35.8 Å². The zero-order chi connectivity index (χ0) is 19.1. The Bertz CT molecular complexity index is 1030. The van der Waals surface area contributed by atoms with Crippen LogP contribution in [0.4, 0.5) is 5.69 Å². The minimum Gasteiger partial charge on any atom is -0.492 e. The number of fused-ring (bicyclic) bond motifs is 1. The summed E-state index contributed by atoms with van der Waals surface area (Å²) in [5, 5.41) is 9.35. The lowest BCUT2D eigenvalue weighted by atomic mass is 9.98. The highest BCUT2D eigenvalue weighted by molar-refractivity contribution is 5.90. The van der Waals surface area contributed by atoms with Crippen molar-refractivity contribution in [2.45, 2.75) is 37.8 Å². The molecule has 8 heteroatoms. The van der Waals surface area contributed by atoms with Crippen LogP contribution in [0, 0.1) is 17.2 Å². The maximum atomic E-state index is 12.4. The van der Waals surface area contributed by atoms with Crippen molar-refractivity contribution in [1.82, 2.24) is 9.55 Å². The van der Waals surface area contributed by atoms with Gasteiger partial charge in [-0.25, -0.2) is 4.79 Å². The average Bonchev–Trinajstić information content (AvgIpc) is 3.35. The first-order valence-electron chi connectivity index (χ1n) is 9.28. The van der Waals surface area contributed by atoms with Crippen molar-refractivity contribution in [3.05, 3.63) is 33.0 Å². The van der Waals surface area contributed by atoms with Gasteiger partial charge in [0.25, 0.3) is 5.56 Å². The van der Waals surface area contributed by atoms with E-state index in [0.717, 1.165) is 38.0 Å². The summed E-state index contributed by atoms with van der Waals surface area (Å²) < 4.78 is 7.37. The number of aromatic nitrogens is 2. The summed E-state index contributed by atoms with van der Waals surface area (Å²) in [6, 6.07) is 5.72. The van der Waals surface area contributed by atoms with Crippen molar-refractivity contribution >= 4 is 16.6 Å². The smallest absolute Gasteiger partial charge is 0.329 e. The van der Waals surface area contributed by atoms with Crippen LogP contribution in [0.2, 0.25) is 0 Å². The van der Waals surface area contributed by atoms with Crippen molar-refractivity contribution in [2.24, 2.45) is 11.7 Å². The van der Waals surface area contributed by atoms with Gasteiger partial charge in [0, 0.05) is 25.2 Å². The van der Waals surface area contributed by atoms with Gasteiger partial charge >= 0.3 is 5.69 Å². The van der Waals surface area contributed by atoms with Crippen LogP contribution in [0.3, 0.4) is 0 Å². The highest BCUT2D eigenvalue weighted by Crippen LogP contribution is 2.42. The lowest BCUT2D eigenvalue weighted by Crippen LogP contribution is -2.32. The fourth-order valence-electron chi connectivity index (χ4n) is 4.07. The summed E-state index contributed by atoms with van der Waals surface area (Å²) in [4.78, 5) is 29.3. The molecular weight excluding hydrogens is 346 g/mol. The normalized spacial score (nSPS) is 20.6. The number of nitrogens with zero attached hydrogens (tertiary/aromatic N) is 3. The van der Waals surface area contributed by atoms with Gasteiger partial charge in [0.1, 0.15) is 5.52 Å². The van der Waals surface area contributed by atoms with Gasteiger partial charge in [-0.1, -0.05) is 0 Å². The van der Waals surface area contributed by atoms with E-state index >= 15 is 0 Å². The molecule has 2 atom stereocenters. The number of anilines is 1. The van der Waals surface area contributed by atoms with Crippen LogP contribution < -0.4 is 26.6 Å². The van der Waals surface area contributed by atoms with Crippen LogP contribution in [-0.2, 0) is 0 Å². The third-order valence-electron chi connectivity index (χ3n) is 5.65. The molecule has 2 heterocycles. The molecule has 27 heavy (non-hydrogen) atoms. The predicted octanol–water partition coefficient (Wildman–Crippen LogP) is 1.10. The highest BCUT2D eigenvalue weighted by atomic mass is 16.5. The molecule has 1 aromatic carbocycles. The molecule has 0 spiro atoms. The van der Waals surface area contributed by atoms with E-state index in [9.17, 15) is 9.59 Å². The van der Waals surface area contributed by atoms with E-state index in [1.54, 1.807) is 17.7 Å². The number of hydrogen-bond donors (Lipinski definition) is 2. The molecular formula is C19H23N5O3. The topological polar surface area (TPSA) is 117 Å². The quantitative estimate of drug-likeness (QED) is 0.815. The molecule has 1 saturated carbocycles. The van der Waals surface area contributed by atoms with E-state index in [0.29, 0.717) is 23.1 Å². The molecule has 0 amide bonds. The average molecular weight is 369 g/mol. The summed E-state index contributed by atoms with van der Waals surface area (Å²) in [5.74, 6) is 0.784. The maximum absolute atomic E-state index is 12.4. The number of methoxy groups -OCH3 is 1. The van der Waals surface area contributed by atoms with Crippen LogP contribution in [0.25, 0.3) is 10.9 Å². The monoisotopic (exact) mass is 369 g/mol. The zero-order valence-corrected chi connectivity index (χ0v) is 15.3. The van der Waals surface area contributed by atoms with Gasteiger partial charge in [0.05, 0.1) is 30.7 Å². The van der Waals surface area contributed by atoms with E-state index in [-0.39, 0.29) is 23.7 Å². The van der Waals surface area contributed by atoms with Gasteiger partial charge in [-0.3, -0.25) is 14.3 Å². The maximum Gasteiger partial charge on any atom is 0.329 e. The molecule has 142 valence electrons. The molecule has 1 aliphatic heterocycles. The van der Waals surface area contributed by atoms with E-state index in [4.69, 9.17) is 15.7 Å². The molecule has 0 radical (unpaired) electrons. The largest absolute Gasteiger partial charge is 0.492 e. The van der Waals surface area contributed by atoms with Crippen molar-refractivity contribution in [3.8, 4) is 11.8 Å². The van der Waals surface area contributed by atoms with Crippen LogP contribution >= 0.6 is 0 Å². The Kier molecular flexibility index (Phi) is 4.40. The molecule has 2 unspecified atom stereocenters. The second kappa shape index (κ2) is 6.74. The van der Waals surface area contributed by atoms with Gasteiger partial charge in [-0.15, -0.1) is 0 Å². The molecule has 4 rings (SSSR count). The van der Waals surface area contributed by atoms with Crippen LogP contribution in [0.15, 0.2) is 21.7 Å². The molecule has 1 aliphatic carbocycles. The summed E-state index contributed by atoms with van der Waals surface area (Å²) >= 11 is 0. The Hall–Kier alpha value is -2.79. The Morgan fingerprint density at radius 2 is 2.15 bits per heavy atom. The molecule has 0 bridgehead atoms. The number of nitrogens with two attached hydrogens (primary N) is 1. The first kappa shape index (κ1) is 17.6. The first-order chi connectivity index (χ1) is 13.0. The zero-order valence-electron chi connectivity index (χ0n) is 15.3. The van der Waals surface area contributed by atoms with Crippen molar-refractivity contribution in [2.75, 3.05) is 25.1 Å². The minimum atomic E-state index is -0.396. The van der Waals surface area contributed by atoms with Gasteiger partial charge in [0.2, 0.25) is 0 Å².